The minimum absolute atomic E-state index is 0.0903. The Hall–Kier alpha value is -2.19. The summed E-state index contributed by atoms with van der Waals surface area (Å²) in [6, 6.07) is -0.851. The molecule has 0 radical (unpaired) electrons. The average molecular weight is 447 g/mol. The molecule has 4 aliphatic rings. The number of unbranched alkanes of at least 4 members (excludes halogenated alkanes) is 1. The van der Waals surface area contributed by atoms with Crippen LogP contribution in [0.5, 0.6) is 0 Å². The highest BCUT2D eigenvalue weighted by atomic mass is 16.6. The van der Waals surface area contributed by atoms with Gasteiger partial charge in [-0.3, -0.25) is 14.4 Å². The van der Waals surface area contributed by atoms with Crippen molar-refractivity contribution in [2.24, 2.45) is 11.8 Å². The number of aliphatic hydroxyl groups is 1. The highest BCUT2D eigenvalue weighted by molar-refractivity contribution is 5.99. The number of nitrogens with zero attached hydrogens (tertiary/aromatic N) is 2. The summed E-state index contributed by atoms with van der Waals surface area (Å²) in [5, 5.41) is 9.40. The summed E-state index contributed by atoms with van der Waals surface area (Å²) in [6.07, 6.45) is 10.3. The van der Waals surface area contributed by atoms with E-state index in [-0.39, 0.29) is 31.1 Å². The quantitative estimate of drug-likeness (QED) is 0.490. The lowest BCUT2D eigenvalue weighted by Crippen LogP contribution is -2.55. The summed E-state index contributed by atoms with van der Waals surface area (Å²) in [6.45, 7) is 5.12. The standard InChI is InChI=1S/C24H34N2O6/c1-3-4-12-25-13-7-11-24-19(21(28)26(14-8-15-27)20(24)22(25)29)18-17(32-24)10-6-5-9-16(2)31-23(18)30/h6-7,10-11,16-20,27H,3-5,8-9,12-15H2,1-2H3/b10-6-/t16?,17-,18?,19+,20-,24?/m1/s1. The van der Waals surface area contributed by atoms with E-state index in [9.17, 15) is 19.5 Å². The Bertz CT molecular complexity index is 810. The molecule has 6 atom stereocenters. The Labute approximate surface area is 189 Å². The number of rotatable bonds is 6. The smallest absolute Gasteiger partial charge is 0.313 e. The monoisotopic (exact) mass is 446 g/mol. The molecule has 0 aromatic rings. The third kappa shape index (κ3) is 3.77. The maximum Gasteiger partial charge on any atom is 0.313 e. The largest absolute Gasteiger partial charge is 0.462 e. The number of aliphatic hydroxyl groups excluding tert-OH is 1. The fourth-order valence-corrected chi connectivity index (χ4v) is 5.53. The number of esters is 1. The Kier molecular flexibility index (Phi) is 6.72. The lowest BCUT2D eigenvalue weighted by Gasteiger charge is -2.35. The lowest BCUT2D eigenvalue weighted by atomic mass is 9.78. The van der Waals surface area contributed by atoms with E-state index in [1.54, 1.807) is 4.90 Å². The van der Waals surface area contributed by atoms with Crippen LogP contribution < -0.4 is 0 Å². The predicted molar refractivity (Wildman–Crippen MR) is 116 cm³/mol. The number of ether oxygens (including phenoxy) is 2. The number of carbonyl (C=O) groups excluding carboxylic acids is 3. The molecule has 0 aliphatic carbocycles. The summed E-state index contributed by atoms with van der Waals surface area (Å²) in [4.78, 5) is 44.0. The maximum atomic E-state index is 13.7. The normalized spacial score (nSPS) is 37.7. The third-order valence-corrected chi connectivity index (χ3v) is 7.07. The molecule has 1 N–H and O–H groups in total. The summed E-state index contributed by atoms with van der Waals surface area (Å²) in [5.41, 5.74) is -1.22. The Balaban J connectivity index is 1.77. The number of carbonyl (C=O) groups is 3. The van der Waals surface area contributed by atoms with Crippen LogP contribution in [0.1, 0.15) is 46.0 Å². The number of hydrogen-bond donors (Lipinski definition) is 1. The molecule has 2 amide bonds. The number of fused-ring (bicyclic) bond motifs is 2. The molecule has 8 heteroatoms. The van der Waals surface area contributed by atoms with Gasteiger partial charge in [0, 0.05) is 26.2 Å². The molecule has 0 aromatic carbocycles. The number of allylic oxidation sites excluding steroid dienone is 1. The van der Waals surface area contributed by atoms with Gasteiger partial charge in [-0.1, -0.05) is 37.6 Å². The van der Waals surface area contributed by atoms with Gasteiger partial charge in [0.05, 0.1) is 18.1 Å². The van der Waals surface area contributed by atoms with E-state index in [0.29, 0.717) is 25.9 Å². The van der Waals surface area contributed by atoms with Crippen molar-refractivity contribution in [2.75, 3.05) is 26.2 Å². The maximum absolute atomic E-state index is 13.7. The fourth-order valence-electron chi connectivity index (χ4n) is 5.53. The fraction of sp³-hybridized carbons (Fsp3) is 0.708. The van der Waals surface area contributed by atoms with Gasteiger partial charge in [-0.25, -0.2) is 0 Å². The first kappa shape index (κ1) is 23.0. The van der Waals surface area contributed by atoms with Gasteiger partial charge in [0.25, 0.3) is 0 Å². The van der Waals surface area contributed by atoms with Crippen molar-refractivity contribution in [2.45, 2.75) is 69.8 Å². The van der Waals surface area contributed by atoms with Gasteiger partial charge in [-0.15, -0.1) is 0 Å². The second-order valence-electron chi connectivity index (χ2n) is 9.24. The Morgan fingerprint density at radius 3 is 2.72 bits per heavy atom. The van der Waals surface area contributed by atoms with Crippen molar-refractivity contribution in [3.05, 3.63) is 24.3 Å². The average Bonchev–Trinajstić information content (AvgIpc) is 3.16. The number of cyclic esters (lactones) is 1. The molecule has 32 heavy (non-hydrogen) atoms. The summed E-state index contributed by atoms with van der Waals surface area (Å²) in [7, 11) is 0. The molecule has 2 fully saturated rings. The van der Waals surface area contributed by atoms with Crippen molar-refractivity contribution < 1.29 is 29.0 Å². The van der Waals surface area contributed by atoms with Gasteiger partial charge in [0.15, 0.2) is 0 Å². The molecule has 4 rings (SSSR count). The number of likely N-dealkylation sites (tertiary alicyclic amines) is 1. The summed E-state index contributed by atoms with van der Waals surface area (Å²) in [5.74, 6) is -2.51. The zero-order valence-electron chi connectivity index (χ0n) is 18.9. The zero-order chi connectivity index (χ0) is 22.9. The molecule has 3 unspecified atom stereocenters. The van der Waals surface area contributed by atoms with Crippen LogP contribution in [0.3, 0.4) is 0 Å². The van der Waals surface area contributed by atoms with Crippen LogP contribution in [0.4, 0.5) is 0 Å². The van der Waals surface area contributed by atoms with E-state index in [1.165, 1.54) is 4.90 Å². The molecule has 2 saturated heterocycles. The minimum atomic E-state index is -1.22. The SMILES string of the molecule is CCCCN1CC=CC23O[C@@H]4/C=C\CCC(C)OC(=O)C4[C@H]2C(=O)N(CCCO)[C@@H]3C1=O. The second-order valence-corrected chi connectivity index (χ2v) is 9.24. The van der Waals surface area contributed by atoms with E-state index < -0.39 is 35.6 Å². The molecule has 0 aromatic heterocycles. The molecule has 4 aliphatic heterocycles. The van der Waals surface area contributed by atoms with Crippen LogP contribution in [0.25, 0.3) is 0 Å². The van der Waals surface area contributed by atoms with Crippen LogP contribution >= 0.6 is 0 Å². The Morgan fingerprint density at radius 1 is 1.16 bits per heavy atom. The lowest BCUT2D eigenvalue weighted by molar-refractivity contribution is -0.158. The summed E-state index contributed by atoms with van der Waals surface area (Å²) < 4.78 is 12.2. The van der Waals surface area contributed by atoms with Crippen LogP contribution in [-0.4, -0.2) is 82.8 Å². The third-order valence-electron chi connectivity index (χ3n) is 7.07. The molecule has 176 valence electrons. The van der Waals surface area contributed by atoms with Gasteiger partial charge in [0.2, 0.25) is 11.8 Å². The van der Waals surface area contributed by atoms with Crippen molar-refractivity contribution in [1.29, 1.82) is 0 Å². The number of hydrogen-bond acceptors (Lipinski definition) is 6. The van der Waals surface area contributed by atoms with Crippen LogP contribution in [0, 0.1) is 11.8 Å². The zero-order valence-corrected chi connectivity index (χ0v) is 18.9. The van der Waals surface area contributed by atoms with Gasteiger partial charge in [-0.2, -0.15) is 0 Å². The van der Waals surface area contributed by atoms with Gasteiger partial charge in [0.1, 0.15) is 17.6 Å². The molecular formula is C24H34N2O6. The van der Waals surface area contributed by atoms with Crippen LogP contribution in [0.15, 0.2) is 24.3 Å². The topological polar surface area (TPSA) is 96.4 Å². The molecule has 1 spiro atoms. The Morgan fingerprint density at radius 2 is 1.97 bits per heavy atom. The highest BCUT2D eigenvalue weighted by Crippen LogP contribution is 2.53. The van der Waals surface area contributed by atoms with E-state index >= 15 is 0 Å². The molecule has 4 heterocycles. The summed E-state index contributed by atoms with van der Waals surface area (Å²) >= 11 is 0. The first-order valence-electron chi connectivity index (χ1n) is 11.9. The van der Waals surface area contributed by atoms with Crippen molar-refractivity contribution in [1.82, 2.24) is 9.80 Å². The highest BCUT2D eigenvalue weighted by Gasteiger charge is 2.71. The van der Waals surface area contributed by atoms with Gasteiger partial charge >= 0.3 is 5.97 Å². The van der Waals surface area contributed by atoms with E-state index in [1.807, 2.05) is 31.2 Å². The minimum Gasteiger partial charge on any atom is -0.462 e. The van der Waals surface area contributed by atoms with Gasteiger partial charge < -0.3 is 24.4 Å². The van der Waals surface area contributed by atoms with E-state index in [4.69, 9.17) is 9.47 Å². The molecule has 0 saturated carbocycles. The predicted octanol–water partition coefficient (Wildman–Crippen LogP) is 1.43. The van der Waals surface area contributed by atoms with E-state index in [0.717, 1.165) is 19.3 Å². The van der Waals surface area contributed by atoms with Crippen LogP contribution in [-0.2, 0) is 23.9 Å². The van der Waals surface area contributed by atoms with Crippen molar-refractivity contribution in [3.63, 3.8) is 0 Å². The second kappa shape index (κ2) is 9.35. The molecule has 8 nitrogen and oxygen atoms in total. The first-order chi connectivity index (χ1) is 15.4. The number of amides is 2. The molecular weight excluding hydrogens is 412 g/mol. The van der Waals surface area contributed by atoms with Crippen molar-refractivity contribution in [3.8, 4) is 0 Å². The van der Waals surface area contributed by atoms with E-state index in [2.05, 4.69) is 6.92 Å². The first-order valence-corrected chi connectivity index (χ1v) is 11.9. The van der Waals surface area contributed by atoms with Gasteiger partial charge in [-0.05, 0) is 32.6 Å². The van der Waals surface area contributed by atoms with Crippen LogP contribution in [0.2, 0.25) is 0 Å². The molecule has 0 bridgehead atoms. The van der Waals surface area contributed by atoms with Crippen molar-refractivity contribution >= 4 is 17.8 Å².